The molecular formula is C6H6O3S. The molecule has 10 heavy (non-hydrogen) atoms. The van der Waals surface area contributed by atoms with Crippen LogP contribution < -0.4 is 0 Å². The summed E-state index contributed by atoms with van der Waals surface area (Å²) in [4.78, 5) is 10.4. The molecule has 0 saturated heterocycles. The number of aromatic carboxylic acids is 1. The molecule has 1 heterocycles. The van der Waals surface area contributed by atoms with Crippen LogP contribution in [0.2, 0.25) is 0 Å². The summed E-state index contributed by atoms with van der Waals surface area (Å²) in [6, 6.07) is 1.44. The number of hydrogen-bond acceptors (Lipinski definition) is 3. The lowest BCUT2D eigenvalue weighted by molar-refractivity contribution is 0.0690. The Hall–Kier alpha value is -0.900. The van der Waals surface area contributed by atoms with Gasteiger partial charge in [-0.15, -0.1) is 0 Å². The Morgan fingerprint density at radius 1 is 1.80 bits per heavy atom. The first-order valence-corrected chi connectivity index (χ1v) is 3.83. The number of carbonyl (C=O) groups is 1. The van der Waals surface area contributed by atoms with Crippen LogP contribution in [0.4, 0.5) is 0 Å². The second kappa shape index (κ2) is 2.79. The zero-order valence-electron chi connectivity index (χ0n) is 5.33. The molecule has 0 aliphatic rings. The highest BCUT2D eigenvalue weighted by molar-refractivity contribution is 7.98. The second-order valence-electron chi connectivity index (χ2n) is 1.63. The zero-order valence-corrected chi connectivity index (χ0v) is 6.14. The minimum Gasteiger partial charge on any atom is -0.478 e. The quantitative estimate of drug-likeness (QED) is 0.665. The molecule has 3 nitrogen and oxygen atoms in total. The summed E-state index contributed by atoms with van der Waals surface area (Å²) in [5.41, 5.74) is 0.229. The molecule has 1 aromatic heterocycles. The first-order valence-electron chi connectivity index (χ1n) is 2.60. The molecule has 0 amide bonds. The van der Waals surface area contributed by atoms with Gasteiger partial charge in [0.2, 0.25) is 0 Å². The summed E-state index contributed by atoms with van der Waals surface area (Å²) >= 11 is 1.28. The van der Waals surface area contributed by atoms with E-state index in [1.807, 2.05) is 0 Å². The van der Waals surface area contributed by atoms with Crippen molar-refractivity contribution in [3.8, 4) is 0 Å². The van der Waals surface area contributed by atoms with Gasteiger partial charge in [0.05, 0.1) is 6.26 Å². The normalized spacial score (nSPS) is 9.70. The first kappa shape index (κ1) is 7.21. The molecular weight excluding hydrogens is 152 g/mol. The van der Waals surface area contributed by atoms with Crippen LogP contribution in [0.15, 0.2) is 21.8 Å². The van der Waals surface area contributed by atoms with E-state index in [2.05, 4.69) is 0 Å². The highest BCUT2D eigenvalue weighted by Crippen LogP contribution is 2.20. The third-order valence-corrected chi connectivity index (χ3v) is 1.73. The Balaban J connectivity index is 3.01. The van der Waals surface area contributed by atoms with Crippen LogP contribution in [0, 0.1) is 0 Å². The van der Waals surface area contributed by atoms with Gasteiger partial charge >= 0.3 is 5.97 Å². The number of hydrogen-bond donors (Lipinski definition) is 1. The molecule has 1 aromatic rings. The van der Waals surface area contributed by atoms with Gasteiger partial charge in [0, 0.05) is 0 Å². The lowest BCUT2D eigenvalue weighted by atomic mass is 10.3. The fourth-order valence-corrected chi connectivity index (χ4v) is 1.14. The second-order valence-corrected chi connectivity index (χ2v) is 2.41. The SMILES string of the molecule is CSc1occc1C(=O)O. The Bertz CT molecular complexity index is 241. The van der Waals surface area contributed by atoms with Crippen LogP contribution in [-0.4, -0.2) is 17.3 Å². The van der Waals surface area contributed by atoms with E-state index < -0.39 is 5.97 Å². The molecule has 0 radical (unpaired) electrons. The maximum Gasteiger partial charge on any atom is 0.340 e. The van der Waals surface area contributed by atoms with E-state index >= 15 is 0 Å². The van der Waals surface area contributed by atoms with Crippen molar-refractivity contribution in [3.05, 3.63) is 17.9 Å². The van der Waals surface area contributed by atoms with Crippen molar-refractivity contribution in [1.29, 1.82) is 0 Å². The van der Waals surface area contributed by atoms with Gasteiger partial charge in [0.1, 0.15) is 5.56 Å². The largest absolute Gasteiger partial charge is 0.478 e. The molecule has 0 aromatic carbocycles. The van der Waals surface area contributed by atoms with Crippen molar-refractivity contribution in [2.24, 2.45) is 0 Å². The maximum absolute atomic E-state index is 10.4. The summed E-state index contributed by atoms with van der Waals surface area (Å²) in [6.45, 7) is 0. The molecule has 0 fully saturated rings. The molecule has 54 valence electrons. The van der Waals surface area contributed by atoms with Crippen LogP contribution in [0.25, 0.3) is 0 Å². The van der Waals surface area contributed by atoms with E-state index in [1.165, 1.54) is 24.1 Å². The van der Waals surface area contributed by atoms with Crippen LogP contribution >= 0.6 is 11.8 Å². The molecule has 0 aliphatic carbocycles. The van der Waals surface area contributed by atoms with E-state index in [-0.39, 0.29) is 5.56 Å². The Morgan fingerprint density at radius 3 is 2.90 bits per heavy atom. The average Bonchev–Trinajstić information content (AvgIpc) is 2.33. The molecule has 0 bridgehead atoms. The number of carboxylic acid groups (broad SMARTS) is 1. The average molecular weight is 158 g/mol. The van der Waals surface area contributed by atoms with Crippen molar-refractivity contribution in [2.45, 2.75) is 5.09 Å². The minimum absolute atomic E-state index is 0.229. The number of carboxylic acids is 1. The topological polar surface area (TPSA) is 50.4 Å². The Kier molecular flexibility index (Phi) is 2.01. The molecule has 0 aliphatic heterocycles. The summed E-state index contributed by atoms with van der Waals surface area (Å²) in [5.74, 6) is -0.946. The Morgan fingerprint density at radius 2 is 2.50 bits per heavy atom. The van der Waals surface area contributed by atoms with Crippen LogP contribution in [-0.2, 0) is 0 Å². The van der Waals surface area contributed by atoms with Crippen LogP contribution in [0.5, 0.6) is 0 Å². The van der Waals surface area contributed by atoms with Crippen molar-refractivity contribution < 1.29 is 14.3 Å². The van der Waals surface area contributed by atoms with Gasteiger partial charge in [-0.1, -0.05) is 11.8 Å². The van der Waals surface area contributed by atoms with Crippen molar-refractivity contribution in [2.75, 3.05) is 6.26 Å². The monoisotopic (exact) mass is 158 g/mol. The standard InChI is InChI=1S/C6H6O3S/c1-10-6-4(5(7)8)2-3-9-6/h2-3H,1H3,(H,7,8). The van der Waals surface area contributed by atoms with Crippen molar-refractivity contribution >= 4 is 17.7 Å². The van der Waals surface area contributed by atoms with E-state index in [9.17, 15) is 4.79 Å². The molecule has 4 heteroatoms. The van der Waals surface area contributed by atoms with E-state index in [0.29, 0.717) is 5.09 Å². The fraction of sp³-hybridized carbons (Fsp3) is 0.167. The summed E-state index contributed by atoms with van der Waals surface area (Å²) in [5, 5.41) is 8.96. The molecule has 0 saturated carbocycles. The van der Waals surface area contributed by atoms with Gasteiger partial charge in [0.15, 0.2) is 5.09 Å². The smallest absolute Gasteiger partial charge is 0.340 e. The highest BCUT2D eigenvalue weighted by Gasteiger charge is 2.10. The third kappa shape index (κ3) is 1.16. The summed E-state index contributed by atoms with van der Waals surface area (Å²) in [6.07, 6.45) is 3.14. The lowest BCUT2D eigenvalue weighted by Crippen LogP contribution is -1.94. The molecule has 0 spiro atoms. The van der Waals surface area contributed by atoms with Gasteiger partial charge in [-0.25, -0.2) is 4.79 Å². The molecule has 0 atom stereocenters. The van der Waals surface area contributed by atoms with Crippen molar-refractivity contribution in [1.82, 2.24) is 0 Å². The van der Waals surface area contributed by atoms with Crippen molar-refractivity contribution in [3.63, 3.8) is 0 Å². The van der Waals surface area contributed by atoms with Gasteiger partial charge in [-0.05, 0) is 12.3 Å². The van der Waals surface area contributed by atoms with Crippen LogP contribution in [0.3, 0.4) is 0 Å². The summed E-state index contributed by atoms with van der Waals surface area (Å²) in [7, 11) is 0. The fourth-order valence-electron chi connectivity index (χ4n) is 0.612. The first-order chi connectivity index (χ1) is 4.75. The number of thioether (sulfide) groups is 1. The van der Waals surface area contributed by atoms with E-state index in [0.717, 1.165) is 0 Å². The van der Waals surface area contributed by atoms with E-state index in [4.69, 9.17) is 9.52 Å². The predicted octanol–water partition coefficient (Wildman–Crippen LogP) is 1.70. The molecule has 1 N–H and O–H groups in total. The zero-order chi connectivity index (χ0) is 7.56. The molecule has 0 unspecified atom stereocenters. The highest BCUT2D eigenvalue weighted by atomic mass is 32.2. The number of rotatable bonds is 2. The van der Waals surface area contributed by atoms with Gasteiger partial charge in [0.25, 0.3) is 0 Å². The van der Waals surface area contributed by atoms with Gasteiger partial charge in [-0.2, -0.15) is 0 Å². The number of furan rings is 1. The third-order valence-electron chi connectivity index (χ3n) is 1.05. The Labute approximate surface area is 62.0 Å². The van der Waals surface area contributed by atoms with E-state index in [1.54, 1.807) is 6.26 Å². The molecule has 1 rings (SSSR count). The van der Waals surface area contributed by atoms with Crippen LogP contribution in [0.1, 0.15) is 10.4 Å². The minimum atomic E-state index is -0.946. The summed E-state index contributed by atoms with van der Waals surface area (Å²) < 4.78 is 4.86. The maximum atomic E-state index is 10.4. The van der Waals surface area contributed by atoms with Gasteiger partial charge in [-0.3, -0.25) is 0 Å². The predicted molar refractivity (Wildman–Crippen MR) is 37.4 cm³/mol. The van der Waals surface area contributed by atoms with Gasteiger partial charge < -0.3 is 9.52 Å². The lowest BCUT2D eigenvalue weighted by Gasteiger charge is -1.89.